The van der Waals surface area contributed by atoms with Crippen LogP contribution in [0.4, 0.5) is 14.7 Å². The average Bonchev–Trinajstić information content (AvgIpc) is 2.74. The maximum absolute atomic E-state index is 13.6. The van der Waals surface area contributed by atoms with Gasteiger partial charge in [-0.25, -0.2) is 13.8 Å². The summed E-state index contributed by atoms with van der Waals surface area (Å²) in [6, 6.07) is 4.90. The summed E-state index contributed by atoms with van der Waals surface area (Å²) >= 11 is 0. The molecule has 7 heteroatoms. The number of hydrogen-bond acceptors (Lipinski definition) is 4. The number of ether oxygens (including phenoxy) is 1. The van der Waals surface area contributed by atoms with E-state index in [4.69, 9.17) is 10.5 Å². The van der Waals surface area contributed by atoms with Crippen LogP contribution in [0.3, 0.4) is 0 Å². The molecule has 32 heavy (non-hydrogen) atoms. The van der Waals surface area contributed by atoms with E-state index < -0.39 is 0 Å². The lowest BCUT2D eigenvalue weighted by Crippen LogP contribution is -2.36. The fourth-order valence-electron chi connectivity index (χ4n) is 4.68. The molecule has 2 aromatic rings. The number of nitrogens with zero attached hydrogens (tertiary/aromatic N) is 2. The Morgan fingerprint density at radius 1 is 1.19 bits per heavy atom. The van der Waals surface area contributed by atoms with Crippen molar-refractivity contribution >= 4 is 16.9 Å². The van der Waals surface area contributed by atoms with Gasteiger partial charge >= 0.3 is 0 Å². The fourth-order valence-corrected chi connectivity index (χ4v) is 4.68. The molecule has 0 saturated heterocycles. The van der Waals surface area contributed by atoms with Crippen LogP contribution in [0.2, 0.25) is 0 Å². The Kier molecular flexibility index (Phi) is 5.41. The first-order chi connectivity index (χ1) is 15.5. The zero-order valence-corrected chi connectivity index (χ0v) is 17.6. The van der Waals surface area contributed by atoms with Crippen LogP contribution in [0, 0.1) is 5.92 Å². The van der Waals surface area contributed by atoms with Crippen molar-refractivity contribution in [1.82, 2.24) is 9.55 Å². The molecule has 0 bridgehead atoms. The second-order valence-corrected chi connectivity index (χ2v) is 8.66. The molecule has 2 atom stereocenters. The lowest BCUT2D eigenvalue weighted by atomic mass is 9.75. The normalized spacial score (nSPS) is 22.1. The highest BCUT2D eigenvalue weighted by Gasteiger charge is 2.34. The minimum atomic E-state index is -0.298. The van der Waals surface area contributed by atoms with Crippen molar-refractivity contribution in [2.75, 3.05) is 5.73 Å². The van der Waals surface area contributed by atoms with Gasteiger partial charge in [-0.05, 0) is 73.3 Å². The Balaban J connectivity index is 1.55. The van der Waals surface area contributed by atoms with E-state index in [-0.39, 0.29) is 41.2 Å². The van der Waals surface area contributed by atoms with Gasteiger partial charge in [0.1, 0.15) is 23.5 Å². The van der Waals surface area contributed by atoms with E-state index >= 15 is 0 Å². The van der Waals surface area contributed by atoms with Crippen molar-refractivity contribution in [3.05, 3.63) is 76.2 Å². The summed E-state index contributed by atoms with van der Waals surface area (Å²) in [7, 11) is 0. The van der Waals surface area contributed by atoms with Gasteiger partial charge in [-0.3, -0.25) is 9.36 Å². The molecule has 0 amide bonds. The molecule has 1 aromatic heterocycles. The average molecular weight is 437 g/mol. The SMILES string of the molecule is Nc1nc2ccc(OC3C=CC(F)=CC3)cc2c(=O)n1C(C1=CC=C(F)CC1)C1CCC1. The largest absolute Gasteiger partial charge is 0.486 e. The molecular formula is C25H25F2N3O2. The van der Waals surface area contributed by atoms with Gasteiger partial charge in [0, 0.05) is 12.8 Å². The monoisotopic (exact) mass is 437 g/mol. The van der Waals surface area contributed by atoms with Crippen LogP contribution in [0.5, 0.6) is 5.75 Å². The topological polar surface area (TPSA) is 70.1 Å². The molecule has 0 aliphatic heterocycles. The van der Waals surface area contributed by atoms with Crippen molar-refractivity contribution in [1.29, 1.82) is 0 Å². The third-order valence-electron chi connectivity index (χ3n) is 6.59. The molecule has 3 aliphatic rings. The first kappa shape index (κ1) is 20.7. The molecule has 2 unspecified atom stereocenters. The molecule has 1 saturated carbocycles. The number of nitrogens with two attached hydrogens (primary N) is 1. The van der Waals surface area contributed by atoms with Crippen molar-refractivity contribution < 1.29 is 13.5 Å². The standard InChI is InChI=1S/C25H25F2N3O2/c26-17-6-4-16(5-7-17)23(15-2-1-3-15)30-24(31)21-14-20(12-13-22(21)29-25(30)28)32-19-10-8-18(27)9-11-19/h4,6,8-10,12-15,19,23H,1-3,5,7,11H2,(H2,28,29). The fraction of sp³-hybridized carbons (Fsp3) is 0.360. The van der Waals surface area contributed by atoms with Gasteiger partial charge in [-0.15, -0.1) is 0 Å². The highest BCUT2D eigenvalue weighted by Crippen LogP contribution is 2.43. The van der Waals surface area contributed by atoms with Gasteiger partial charge in [0.15, 0.2) is 0 Å². The Morgan fingerprint density at radius 3 is 2.69 bits per heavy atom. The van der Waals surface area contributed by atoms with Crippen LogP contribution < -0.4 is 16.0 Å². The molecule has 2 N–H and O–H groups in total. The molecule has 0 spiro atoms. The van der Waals surface area contributed by atoms with Crippen LogP contribution in [-0.2, 0) is 0 Å². The third kappa shape index (κ3) is 3.87. The van der Waals surface area contributed by atoms with Gasteiger partial charge < -0.3 is 10.5 Å². The number of benzene rings is 1. The van der Waals surface area contributed by atoms with E-state index in [9.17, 15) is 13.6 Å². The Bertz CT molecular complexity index is 1240. The first-order valence-corrected chi connectivity index (χ1v) is 11.1. The van der Waals surface area contributed by atoms with E-state index in [1.54, 1.807) is 34.9 Å². The van der Waals surface area contributed by atoms with E-state index in [0.717, 1.165) is 24.8 Å². The zero-order chi connectivity index (χ0) is 22.2. The van der Waals surface area contributed by atoms with E-state index in [1.165, 1.54) is 18.2 Å². The van der Waals surface area contributed by atoms with Gasteiger partial charge in [0.05, 0.1) is 16.9 Å². The van der Waals surface area contributed by atoms with Crippen molar-refractivity contribution in [3.63, 3.8) is 0 Å². The summed E-state index contributed by atoms with van der Waals surface area (Å²) in [5, 5.41) is 0.417. The number of nitrogen functional groups attached to an aromatic ring is 1. The predicted molar refractivity (Wildman–Crippen MR) is 121 cm³/mol. The maximum Gasteiger partial charge on any atom is 0.263 e. The molecule has 5 rings (SSSR count). The second kappa shape index (κ2) is 8.37. The quantitative estimate of drug-likeness (QED) is 0.675. The first-order valence-electron chi connectivity index (χ1n) is 11.1. The van der Waals surface area contributed by atoms with Crippen LogP contribution in [-0.4, -0.2) is 15.7 Å². The highest BCUT2D eigenvalue weighted by molar-refractivity contribution is 5.80. The lowest BCUT2D eigenvalue weighted by Gasteiger charge is -2.37. The van der Waals surface area contributed by atoms with Crippen molar-refractivity contribution in [2.45, 2.75) is 50.7 Å². The summed E-state index contributed by atoms with van der Waals surface area (Å²) in [6.07, 6.45) is 11.9. The molecule has 1 aromatic carbocycles. The van der Waals surface area contributed by atoms with Crippen LogP contribution >= 0.6 is 0 Å². The number of aromatic nitrogens is 2. The summed E-state index contributed by atoms with van der Waals surface area (Å²) in [5.41, 5.74) is 7.58. The summed E-state index contributed by atoms with van der Waals surface area (Å²) < 4.78 is 34.3. The summed E-state index contributed by atoms with van der Waals surface area (Å²) in [5.74, 6) is 0.537. The Morgan fingerprint density at radius 2 is 2.03 bits per heavy atom. The predicted octanol–water partition coefficient (Wildman–Crippen LogP) is 5.45. The minimum absolute atomic E-state index is 0.147. The molecule has 166 valence electrons. The number of allylic oxidation sites excluding steroid dienone is 6. The smallest absolute Gasteiger partial charge is 0.263 e. The number of fused-ring (bicyclic) bond motifs is 1. The van der Waals surface area contributed by atoms with Crippen LogP contribution in [0.25, 0.3) is 10.9 Å². The molecule has 5 nitrogen and oxygen atoms in total. The second-order valence-electron chi connectivity index (χ2n) is 8.66. The number of halogens is 2. The molecule has 0 radical (unpaired) electrons. The molecular weight excluding hydrogens is 412 g/mol. The van der Waals surface area contributed by atoms with Crippen LogP contribution in [0.1, 0.15) is 44.6 Å². The summed E-state index contributed by atoms with van der Waals surface area (Å²) in [6.45, 7) is 0. The molecule has 1 fully saturated rings. The number of anilines is 1. The van der Waals surface area contributed by atoms with E-state index in [0.29, 0.717) is 35.9 Å². The number of hydrogen-bond donors (Lipinski definition) is 1. The highest BCUT2D eigenvalue weighted by atomic mass is 19.1. The van der Waals surface area contributed by atoms with Gasteiger partial charge in [-0.1, -0.05) is 12.5 Å². The van der Waals surface area contributed by atoms with Gasteiger partial charge in [-0.2, -0.15) is 0 Å². The maximum atomic E-state index is 13.6. The third-order valence-corrected chi connectivity index (χ3v) is 6.59. The summed E-state index contributed by atoms with van der Waals surface area (Å²) in [4.78, 5) is 18.1. The minimum Gasteiger partial charge on any atom is -0.486 e. The van der Waals surface area contributed by atoms with Crippen molar-refractivity contribution in [3.8, 4) is 5.75 Å². The Labute approximate surface area is 184 Å². The lowest BCUT2D eigenvalue weighted by molar-refractivity contribution is 0.228. The van der Waals surface area contributed by atoms with E-state index in [2.05, 4.69) is 4.98 Å². The van der Waals surface area contributed by atoms with E-state index in [1.807, 2.05) is 0 Å². The van der Waals surface area contributed by atoms with Gasteiger partial charge in [0.25, 0.3) is 5.56 Å². The van der Waals surface area contributed by atoms with Crippen LogP contribution in [0.15, 0.2) is 70.6 Å². The number of rotatable bonds is 5. The molecule has 3 aliphatic carbocycles. The van der Waals surface area contributed by atoms with Gasteiger partial charge in [0.2, 0.25) is 5.95 Å². The Hall–Kier alpha value is -3.22. The zero-order valence-electron chi connectivity index (χ0n) is 17.6. The van der Waals surface area contributed by atoms with Crippen molar-refractivity contribution in [2.24, 2.45) is 5.92 Å². The molecule has 1 heterocycles.